The zero-order chi connectivity index (χ0) is 16.0. The third kappa shape index (κ3) is 5.76. The lowest BCUT2D eigenvalue weighted by atomic mass is 10.0. The van der Waals surface area contributed by atoms with E-state index >= 15 is 0 Å². The zero-order valence-electron chi connectivity index (χ0n) is 13.5. The Morgan fingerprint density at radius 3 is 2.24 bits per heavy atom. The summed E-state index contributed by atoms with van der Waals surface area (Å²) in [5.74, 6) is 0.593. The van der Waals surface area contributed by atoms with Crippen molar-refractivity contribution in [2.45, 2.75) is 45.9 Å². The lowest BCUT2D eigenvalue weighted by molar-refractivity contribution is 0.588. The smallest absolute Gasteiger partial charge is 0.261 e. The minimum atomic E-state index is -3.50. The molecule has 1 aromatic carbocycles. The summed E-state index contributed by atoms with van der Waals surface area (Å²) in [6, 6.07) is 8.40. The number of benzene rings is 1. The first-order valence-electron chi connectivity index (χ1n) is 7.15. The summed E-state index contributed by atoms with van der Waals surface area (Å²) in [5, 5.41) is 0. The van der Waals surface area contributed by atoms with Crippen LogP contribution in [0.2, 0.25) is 0 Å². The van der Waals surface area contributed by atoms with Crippen molar-refractivity contribution in [3.63, 3.8) is 0 Å². The molecule has 0 saturated carbocycles. The summed E-state index contributed by atoms with van der Waals surface area (Å²) in [7, 11) is -3.50. The van der Waals surface area contributed by atoms with Crippen molar-refractivity contribution in [1.29, 1.82) is 0 Å². The van der Waals surface area contributed by atoms with Gasteiger partial charge in [0.25, 0.3) is 10.0 Å². The van der Waals surface area contributed by atoms with Crippen LogP contribution in [0.15, 0.2) is 58.1 Å². The van der Waals surface area contributed by atoms with Gasteiger partial charge in [0.1, 0.15) is 0 Å². The van der Waals surface area contributed by atoms with Crippen LogP contribution in [-0.4, -0.2) is 8.42 Å². The van der Waals surface area contributed by atoms with E-state index in [1.807, 2.05) is 13.0 Å². The molecule has 0 saturated heterocycles. The minimum Gasteiger partial charge on any atom is -0.283 e. The largest absolute Gasteiger partial charge is 0.283 e. The summed E-state index contributed by atoms with van der Waals surface area (Å²) >= 11 is 0. The summed E-state index contributed by atoms with van der Waals surface area (Å²) in [5.41, 5.74) is 2.84. The van der Waals surface area contributed by atoms with Crippen molar-refractivity contribution in [2.75, 3.05) is 0 Å². The molecule has 0 aliphatic rings. The fourth-order valence-corrected chi connectivity index (χ4v) is 3.32. The van der Waals surface area contributed by atoms with E-state index in [1.54, 1.807) is 37.3 Å². The van der Waals surface area contributed by atoms with E-state index in [-0.39, 0.29) is 4.90 Å². The summed E-state index contributed by atoms with van der Waals surface area (Å²) < 4.78 is 27.1. The lowest BCUT2D eigenvalue weighted by Crippen LogP contribution is -2.22. The molecule has 0 aromatic heterocycles. The fourth-order valence-electron chi connectivity index (χ4n) is 2.12. The number of nitrogens with one attached hydrogen (secondary N) is 1. The maximum absolute atomic E-state index is 12.2. The van der Waals surface area contributed by atoms with Crippen LogP contribution in [0.4, 0.5) is 0 Å². The first-order valence-corrected chi connectivity index (χ1v) is 8.63. The van der Waals surface area contributed by atoms with Crippen LogP contribution in [0.25, 0.3) is 0 Å². The second-order valence-electron chi connectivity index (χ2n) is 5.82. The molecular formula is C17H25NO2S. The minimum absolute atomic E-state index is 0.278. The van der Waals surface area contributed by atoms with Gasteiger partial charge in [0.05, 0.1) is 4.90 Å². The highest BCUT2D eigenvalue weighted by molar-refractivity contribution is 7.89. The molecular weight excluding hydrogens is 282 g/mol. The van der Waals surface area contributed by atoms with Gasteiger partial charge in [-0.25, -0.2) is 8.42 Å². The van der Waals surface area contributed by atoms with E-state index in [0.717, 1.165) is 12.0 Å². The third-order valence-corrected chi connectivity index (χ3v) is 4.59. The van der Waals surface area contributed by atoms with Crippen LogP contribution in [0.3, 0.4) is 0 Å². The van der Waals surface area contributed by atoms with Gasteiger partial charge >= 0.3 is 0 Å². The molecule has 116 valence electrons. The second kappa shape index (κ2) is 7.46. The van der Waals surface area contributed by atoms with Crippen molar-refractivity contribution in [3.8, 4) is 0 Å². The standard InChI is InChI=1S/C17H25NO2S/c1-13(2)11-14(3)12-15(4)16(5)18-21(19,20)17-9-7-6-8-10-17/h6-10,12-13,18H,11H2,1-5H3/b14-12-,16-15+. The van der Waals surface area contributed by atoms with Crippen LogP contribution in [0.5, 0.6) is 0 Å². The maximum Gasteiger partial charge on any atom is 0.261 e. The molecule has 0 spiro atoms. The first kappa shape index (κ1) is 17.5. The quantitative estimate of drug-likeness (QED) is 0.799. The number of rotatable bonds is 6. The van der Waals surface area contributed by atoms with E-state index < -0.39 is 10.0 Å². The molecule has 21 heavy (non-hydrogen) atoms. The highest BCUT2D eigenvalue weighted by atomic mass is 32.2. The van der Waals surface area contributed by atoms with Crippen LogP contribution in [0.1, 0.15) is 41.0 Å². The van der Waals surface area contributed by atoms with Crippen molar-refractivity contribution in [3.05, 3.63) is 53.3 Å². The molecule has 0 unspecified atom stereocenters. The molecule has 0 aliphatic heterocycles. The zero-order valence-corrected chi connectivity index (χ0v) is 14.3. The summed E-state index contributed by atoms with van der Waals surface area (Å²) in [6.45, 7) is 10.1. The molecule has 4 heteroatoms. The highest BCUT2D eigenvalue weighted by Crippen LogP contribution is 2.15. The molecule has 0 aliphatic carbocycles. The Morgan fingerprint density at radius 2 is 1.71 bits per heavy atom. The van der Waals surface area contributed by atoms with E-state index in [9.17, 15) is 8.42 Å². The molecule has 3 nitrogen and oxygen atoms in total. The molecule has 1 N–H and O–H groups in total. The van der Waals surface area contributed by atoms with Crippen LogP contribution >= 0.6 is 0 Å². The second-order valence-corrected chi connectivity index (χ2v) is 7.50. The highest BCUT2D eigenvalue weighted by Gasteiger charge is 2.13. The maximum atomic E-state index is 12.2. The van der Waals surface area contributed by atoms with E-state index in [4.69, 9.17) is 0 Å². The molecule has 0 bridgehead atoms. The number of allylic oxidation sites excluding steroid dienone is 4. The monoisotopic (exact) mass is 307 g/mol. The number of hydrogen-bond acceptors (Lipinski definition) is 2. The molecule has 1 rings (SSSR count). The van der Waals surface area contributed by atoms with E-state index in [2.05, 4.69) is 25.5 Å². The van der Waals surface area contributed by atoms with Gasteiger partial charge in [-0.3, -0.25) is 4.72 Å². The van der Waals surface area contributed by atoms with Crippen molar-refractivity contribution in [2.24, 2.45) is 5.92 Å². The Labute approximate surface area is 128 Å². The average molecular weight is 307 g/mol. The molecule has 0 atom stereocenters. The van der Waals surface area contributed by atoms with Crippen LogP contribution < -0.4 is 4.72 Å². The Kier molecular flexibility index (Phi) is 6.21. The predicted molar refractivity (Wildman–Crippen MR) is 88.3 cm³/mol. The van der Waals surface area contributed by atoms with E-state index in [1.165, 1.54) is 5.57 Å². The molecule has 0 amide bonds. The number of hydrogen-bond donors (Lipinski definition) is 1. The van der Waals surface area contributed by atoms with Crippen molar-refractivity contribution >= 4 is 10.0 Å². The van der Waals surface area contributed by atoms with Gasteiger partial charge in [0.2, 0.25) is 0 Å². The van der Waals surface area contributed by atoms with Crippen molar-refractivity contribution in [1.82, 2.24) is 4.72 Å². The van der Waals surface area contributed by atoms with Crippen LogP contribution in [-0.2, 0) is 10.0 Å². The Bertz CT molecular complexity index is 626. The molecule has 0 heterocycles. The van der Waals surface area contributed by atoms with Crippen molar-refractivity contribution < 1.29 is 8.42 Å². The molecule has 0 radical (unpaired) electrons. The van der Waals surface area contributed by atoms with Gasteiger partial charge in [-0.15, -0.1) is 0 Å². The predicted octanol–water partition coefficient (Wildman–Crippen LogP) is 4.25. The SMILES string of the molecule is C/C(=C/C(C)=C(\C)NS(=O)(=O)c1ccccc1)CC(C)C. The Balaban J connectivity index is 2.93. The van der Waals surface area contributed by atoms with Gasteiger partial charge in [-0.1, -0.05) is 43.7 Å². The van der Waals surface area contributed by atoms with Crippen LogP contribution in [0, 0.1) is 5.92 Å². The topological polar surface area (TPSA) is 46.2 Å². The lowest BCUT2D eigenvalue weighted by Gasteiger charge is -2.11. The van der Waals surface area contributed by atoms with Gasteiger partial charge in [0, 0.05) is 5.70 Å². The molecule has 0 fully saturated rings. The Hall–Kier alpha value is -1.55. The molecule has 1 aromatic rings. The first-order chi connectivity index (χ1) is 9.72. The van der Waals surface area contributed by atoms with E-state index in [0.29, 0.717) is 11.6 Å². The van der Waals surface area contributed by atoms with Gasteiger partial charge < -0.3 is 0 Å². The normalized spacial score (nSPS) is 14.1. The average Bonchev–Trinajstić information content (AvgIpc) is 2.38. The fraction of sp³-hybridized carbons (Fsp3) is 0.412. The number of sulfonamides is 1. The Morgan fingerprint density at radius 1 is 1.14 bits per heavy atom. The third-order valence-electron chi connectivity index (χ3n) is 3.13. The van der Waals surface area contributed by atoms with Gasteiger partial charge in [-0.2, -0.15) is 0 Å². The summed E-state index contributed by atoms with van der Waals surface area (Å²) in [6.07, 6.45) is 3.05. The van der Waals surface area contributed by atoms with Gasteiger partial charge in [-0.05, 0) is 50.8 Å². The summed E-state index contributed by atoms with van der Waals surface area (Å²) in [4.78, 5) is 0.278. The van der Waals surface area contributed by atoms with Gasteiger partial charge in [0.15, 0.2) is 0 Å².